The predicted octanol–water partition coefficient (Wildman–Crippen LogP) is 2.98. The zero-order valence-corrected chi connectivity index (χ0v) is 11.2. The molecule has 0 spiro atoms. The molecule has 96 valence electrons. The highest BCUT2D eigenvalue weighted by atomic mass is 15.0. The van der Waals surface area contributed by atoms with E-state index in [9.17, 15) is 0 Å². The number of aromatic nitrogens is 2. The van der Waals surface area contributed by atoms with Crippen molar-refractivity contribution in [3.05, 3.63) is 29.6 Å². The Kier molecular flexibility index (Phi) is 3.08. The summed E-state index contributed by atoms with van der Waals surface area (Å²) in [5, 5.41) is 3.53. The van der Waals surface area contributed by atoms with Crippen molar-refractivity contribution in [2.75, 3.05) is 6.54 Å². The zero-order valence-electron chi connectivity index (χ0n) is 11.2. The molecule has 1 aromatic carbocycles. The van der Waals surface area contributed by atoms with Crippen LogP contribution >= 0.6 is 0 Å². The Hall–Kier alpha value is -1.35. The van der Waals surface area contributed by atoms with Gasteiger partial charge in [-0.15, -0.1) is 0 Å². The second kappa shape index (κ2) is 4.73. The molecule has 3 heteroatoms. The van der Waals surface area contributed by atoms with Gasteiger partial charge in [-0.05, 0) is 36.9 Å². The first-order valence-corrected chi connectivity index (χ1v) is 6.95. The summed E-state index contributed by atoms with van der Waals surface area (Å²) in [6.45, 7) is 5.60. The van der Waals surface area contributed by atoms with Crippen molar-refractivity contribution >= 4 is 11.0 Å². The van der Waals surface area contributed by atoms with E-state index in [0.717, 1.165) is 24.3 Å². The Balaban J connectivity index is 1.92. The van der Waals surface area contributed by atoms with Gasteiger partial charge in [0.2, 0.25) is 0 Å². The summed E-state index contributed by atoms with van der Waals surface area (Å²) in [5.74, 6) is 1.65. The van der Waals surface area contributed by atoms with E-state index in [1.54, 1.807) is 0 Å². The summed E-state index contributed by atoms with van der Waals surface area (Å²) in [6.07, 6.45) is 3.59. The lowest BCUT2D eigenvalue weighted by molar-refractivity contribution is 0.589. The van der Waals surface area contributed by atoms with Gasteiger partial charge in [-0.3, -0.25) is 0 Å². The lowest BCUT2D eigenvalue weighted by Gasteiger charge is -2.06. The van der Waals surface area contributed by atoms with Crippen LogP contribution < -0.4 is 5.32 Å². The Morgan fingerprint density at radius 1 is 1.39 bits per heavy atom. The minimum Gasteiger partial charge on any atom is -0.342 e. The molecule has 1 aliphatic heterocycles. The van der Waals surface area contributed by atoms with E-state index in [1.807, 2.05) is 0 Å². The molecule has 1 saturated heterocycles. The molecule has 1 fully saturated rings. The second-order valence-electron chi connectivity index (χ2n) is 5.58. The summed E-state index contributed by atoms with van der Waals surface area (Å²) in [7, 11) is 0. The van der Waals surface area contributed by atoms with Crippen LogP contribution in [-0.2, 0) is 6.42 Å². The van der Waals surface area contributed by atoms with Crippen molar-refractivity contribution in [3.8, 4) is 0 Å². The third kappa shape index (κ3) is 2.15. The molecule has 2 aromatic rings. The molecule has 1 aromatic heterocycles. The van der Waals surface area contributed by atoms with Crippen LogP contribution in [0.3, 0.4) is 0 Å². The van der Waals surface area contributed by atoms with Gasteiger partial charge in [0.1, 0.15) is 5.82 Å². The van der Waals surface area contributed by atoms with Gasteiger partial charge in [0, 0.05) is 12.5 Å². The maximum Gasteiger partial charge on any atom is 0.108 e. The molecule has 3 nitrogen and oxygen atoms in total. The van der Waals surface area contributed by atoms with Gasteiger partial charge in [-0.1, -0.05) is 26.0 Å². The highest BCUT2D eigenvalue weighted by molar-refractivity contribution is 5.79. The fraction of sp³-hybridized carbons (Fsp3) is 0.533. The zero-order chi connectivity index (χ0) is 12.5. The fourth-order valence-electron chi connectivity index (χ4n) is 2.83. The average Bonchev–Trinajstić information content (AvgIpc) is 2.96. The first-order valence-electron chi connectivity index (χ1n) is 6.95. The maximum absolute atomic E-state index is 4.80. The van der Waals surface area contributed by atoms with Crippen molar-refractivity contribution in [1.29, 1.82) is 0 Å². The van der Waals surface area contributed by atoms with Crippen LogP contribution in [0.5, 0.6) is 0 Å². The Labute approximate surface area is 108 Å². The normalized spacial score (nSPS) is 20.1. The molecule has 0 bridgehead atoms. The van der Waals surface area contributed by atoms with Gasteiger partial charge in [-0.2, -0.15) is 0 Å². The van der Waals surface area contributed by atoms with E-state index in [2.05, 4.69) is 42.3 Å². The topological polar surface area (TPSA) is 40.7 Å². The highest BCUT2D eigenvalue weighted by Crippen LogP contribution is 2.24. The quantitative estimate of drug-likeness (QED) is 0.870. The van der Waals surface area contributed by atoms with Gasteiger partial charge in [0.25, 0.3) is 0 Å². The maximum atomic E-state index is 4.80. The summed E-state index contributed by atoms with van der Waals surface area (Å²) >= 11 is 0. The number of hydrogen-bond acceptors (Lipinski definition) is 2. The summed E-state index contributed by atoms with van der Waals surface area (Å²) in [5.41, 5.74) is 3.67. The predicted molar refractivity (Wildman–Crippen MR) is 74.9 cm³/mol. The van der Waals surface area contributed by atoms with E-state index in [4.69, 9.17) is 4.98 Å². The largest absolute Gasteiger partial charge is 0.342 e. The van der Waals surface area contributed by atoms with E-state index in [1.165, 1.54) is 23.9 Å². The molecule has 0 radical (unpaired) electrons. The van der Waals surface area contributed by atoms with Crippen molar-refractivity contribution in [2.45, 2.75) is 45.1 Å². The first kappa shape index (κ1) is 11.7. The molecule has 1 unspecified atom stereocenters. The van der Waals surface area contributed by atoms with Crippen LogP contribution in [0.1, 0.15) is 44.0 Å². The van der Waals surface area contributed by atoms with Gasteiger partial charge in [0.05, 0.1) is 11.0 Å². The van der Waals surface area contributed by atoms with Crippen molar-refractivity contribution in [1.82, 2.24) is 15.3 Å². The highest BCUT2D eigenvalue weighted by Gasteiger charge is 2.17. The molecule has 0 amide bonds. The third-order valence-corrected chi connectivity index (χ3v) is 3.82. The summed E-state index contributed by atoms with van der Waals surface area (Å²) < 4.78 is 0. The van der Waals surface area contributed by atoms with E-state index >= 15 is 0 Å². The number of aromatic amines is 1. The molecule has 2 heterocycles. The molecular formula is C15H21N3. The molecule has 1 aliphatic rings. The summed E-state index contributed by atoms with van der Waals surface area (Å²) in [6, 6.07) is 7.03. The molecular weight excluding hydrogens is 222 g/mol. The minimum atomic E-state index is 0.523. The minimum absolute atomic E-state index is 0.523. The number of hydrogen-bond donors (Lipinski definition) is 2. The Morgan fingerprint density at radius 2 is 2.28 bits per heavy atom. The number of rotatable bonds is 3. The number of H-pyrrole nitrogens is 1. The number of nitrogens with one attached hydrogen (secondary N) is 2. The van der Waals surface area contributed by atoms with Gasteiger partial charge in [-0.25, -0.2) is 4.98 Å². The van der Waals surface area contributed by atoms with Crippen LogP contribution in [0.2, 0.25) is 0 Å². The number of benzene rings is 1. The van der Waals surface area contributed by atoms with Crippen LogP contribution in [0.25, 0.3) is 11.0 Å². The van der Waals surface area contributed by atoms with Crippen molar-refractivity contribution in [3.63, 3.8) is 0 Å². The molecule has 3 rings (SSSR count). The van der Waals surface area contributed by atoms with Crippen molar-refractivity contribution < 1.29 is 0 Å². The lowest BCUT2D eigenvalue weighted by Crippen LogP contribution is -2.24. The number of nitrogens with zero attached hydrogens (tertiary/aromatic N) is 1. The van der Waals surface area contributed by atoms with E-state index < -0.39 is 0 Å². The smallest absolute Gasteiger partial charge is 0.108 e. The van der Waals surface area contributed by atoms with Gasteiger partial charge >= 0.3 is 0 Å². The second-order valence-corrected chi connectivity index (χ2v) is 5.58. The Bertz CT molecular complexity index is 536. The lowest BCUT2D eigenvalue weighted by atomic mass is 10.0. The molecule has 2 N–H and O–H groups in total. The molecule has 1 atom stereocenters. The van der Waals surface area contributed by atoms with Gasteiger partial charge < -0.3 is 10.3 Å². The number of imidazole rings is 1. The van der Waals surface area contributed by atoms with Crippen LogP contribution in [0.15, 0.2) is 18.2 Å². The Morgan fingerprint density at radius 3 is 3.00 bits per heavy atom. The molecule has 0 saturated carbocycles. The monoisotopic (exact) mass is 243 g/mol. The molecule has 0 aliphatic carbocycles. The third-order valence-electron chi connectivity index (χ3n) is 3.82. The fourth-order valence-corrected chi connectivity index (χ4v) is 2.83. The van der Waals surface area contributed by atoms with Crippen molar-refractivity contribution in [2.24, 2.45) is 0 Å². The average molecular weight is 243 g/mol. The number of fused-ring (bicyclic) bond motifs is 1. The number of para-hydroxylation sites is 1. The summed E-state index contributed by atoms with van der Waals surface area (Å²) in [4.78, 5) is 8.27. The first-order chi connectivity index (χ1) is 8.74. The van der Waals surface area contributed by atoms with E-state index in [0.29, 0.717) is 12.0 Å². The van der Waals surface area contributed by atoms with Gasteiger partial charge in [0.15, 0.2) is 0 Å². The molecule has 18 heavy (non-hydrogen) atoms. The van der Waals surface area contributed by atoms with E-state index in [-0.39, 0.29) is 0 Å². The SMILES string of the molecule is CC(C)c1cccc2[nH]c(CC3CCCN3)nc12. The van der Waals surface area contributed by atoms with Crippen LogP contribution in [0.4, 0.5) is 0 Å². The van der Waals surface area contributed by atoms with Crippen LogP contribution in [-0.4, -0.2) is 22.6 Å². The van der Waals surface area contributed by atoms with Crippen LogP contribution in [0, 0.1) is 0 Å². The standard InChI is InChI=1S/C15H21N3/c1-10(2)12-6-3-7-13-15(12)18-14(17-13)9-11-5-4-8-16-11/h3,6-7,10-11,16H,4-5,8-9H2,1-2H3,(H,17,18).